The van der Waals surface area contributed by atoms with Crippen LogP contribution in [0.3, 0.4) is 0 Å². The van der Waals surface area contributed by atoms with Gasteiger partial charge in [-0.3, -0.25) is 4.79 Å². The normalized spacial score (nSPS) is 11.7. The van der Waals surface area contributed by atoms with Crippen molar-refractivity contribution in [1.29, 1.82) is 0 Å². The van der Waals surface area contributed by atoms with E-state index in [9.17, 15) is 4.79 Å². The van der Waals surface area contributed by atoms with Crippen molar-refractivity contribution in [3.63, 3.8) is 0 Å². The highest BCUT2D eigenvalue weighted by atomic mass is 35.5. The Morgan fingerprint density at radius 1 is 1.12 bits per heavy atom. The SMILES string of the molecule is CC(C)(C)c1ccc(/C=N\NC(=O)CSCc2ccc(Cl)cc2)cc1. The largest absolute Gasteiger partial charge is 0.272 e. The molecule has 1 amide bonds. The molecule has 0 spiro atoms. The Labute approximate surface area is 158 Å². The third-order valence-electron chi connectivity index (χ3n) is 3.59. The molecule has 2 rings (SSSR count). The van der Waals surface area contributed by atoms with Crippen LogP contribution in [0, 0.1) is 0 Å². The summed E-state index contributed by atoms with van der Waals surface area (Å²) in [6.07, 6.45) is 1.66. The number of benzene rings is 2. The molecule has 0 aromatic heterocycles. The predicted octanol–water partition coefficient (Wildman–Crippen LogP) is 5.02. The third kappa shape index (κ3) is 6.92. The number of carbonyl (C=O) groups is 1. The van der Waals surface area contributed by atoms with E-state index in [0.29, 0.717) is 5.75 Å². The van der Waals surface area contributed by atoms with Crippen LogP contribution in [0.1, 0.15) is 37.5 Å². The fourth-order valence-electron chi connectivity index (χ4n) is 2.12. The average molecular weight is 375 g/mol. The lowest BCUT2D eigenvalue weighted by atomic mass is 9.87. The molecule has 0 radical (unpaired) electrons. The number of nitrogens with one attached hydrogen (secondary N) is 1. The van der Waals surface area contributed by atoms with Crippen molar-refractivity contribution >= 4 is 35.5 Å². The molecule has 2 aromatic rings. The lowest BCUT2D eigenvalue weighted by molar-refractivity contribution is -0.118. The van der Waals surface area contributed by atoms with Gasteiger partial charge in [0.05, 0.1) is 12.0 Å². The van der Waals surface area contributed by atoms with Crippen LogP contribution in [0.5, 0.6) is 0 Å². The number of nitrogens with zero attached hydrogens (tertiary/aromatic N) is 1. The van der Waals surface area contributed by atoms with Crippen molar-refractivity contribution < 1.29 is 4.79 Å². The van der Waals surface area contributed by atoms with E-state index in [-0.39, 0.29) is 11.3 Å². The van der Waals surface area contributed by atoms with Gasteiger partial charge in [-0.2, -0.15) is 5.10 Å². The van der Waals surface area contributed by atoms with Crippen LogP contribution >= 0.6 is 23.4 Å². The first-order valence-corrected chi connectivity index (χ1v) is 9.62. The maximum Gasteiger partial charge on any atom is 0.250 e. The molecule has 0 aliphatic heterocycles. The van der Waals surface area contributed by atoms with Crippen molar-refractivity contribution in [2.24, 2.45) is 5.10 Å². The van der Waals surface area contributed by atoms with E-state index in [1.54, 1.807) is 18.0 Å². The minimum Gasteiger partial charge on any atom is -0.272 e. The van der Waals surface area contributed by atoms with Gasteiger partial charge in [-0.1, -0.05) is 68.8 Å². The second-order valence-corrected chi connectivity index (χ2v) is 8.21. The summed E-state index contributed by atoms with van der Waals surface area (Å²) in [5, 5.41) is 4.73. The molecule has 0 heterocycles. The highest BCUT2D eigenvalue weighted by Crippen LogP contribution is 2.21. The van der Waals surface area contributed by atoms with Crippen LogP contribution in [0.25, 0.3) is 0 Å². The zero-order chi connectivity index (χ0) is 18.3. The molecule has 3 nitrogen and oxygen atoms in total. The maximum absolute atomic E-state index is 11.8. The minimum absolute atomic E-state index is 0.110. The Bertz CT molecular complexity index is 719. The molecule has 0 saturated heterocycles. The van der Waals surface area contributed by atoms with Crippen molar-refractivity contribution in [1.82, 2.24) is 5.43 Å². The quantitative estimate of drug-likeness (QED) is 0.569. The molecular formula is C20H23ClN2OS. The van der Waals surface area contributed by atoms with Crippen molar-refractivity contribution in [3.8, 4) is 0 Å². The van der Waals surface area contributed by atoms with Crippen molar-refractivity contribution in [2.45, 2.75) is 31.9 Å². The summed E-state index contributed by atoms with van der Waals surface area (Å²) in [6, 6.07) is 15.8. The maximum atomic E-state index is 11.8. The van der Waals surface area contributed by atoms with Gasteiger partial charge in [0.2, 0.25) is 5.91 Å². The number of hydrogen-bond donors (Lipinski definition) is 1. The van der Waals surface area contributed by atoms with E-state index in [4.69, 9.17) is 11.6 Å². The molecule has 0 fully saturated rings. The number of hydrogen-bond acceptors (Lipinski definition) is 3. The number of rotatable bonds is 6. The Morgan fingerprint density at radius 3 is 2.36 bits per heavy atom. The zero-order valence-electron chi connectivity index (χ0n) is 14.8. The van der Waals surface area contributed by atoms with Gasteiger partial charge in [0.1, 0.15) is 0 Å². The molecule has 0 saturated carbocycles. The average Bonchev–Trinajstić information content (AvgIpc) is 2.56. The van der Waals surface area contributed by atoms with Crippen LogP contribution in [-0.4, -0.2) is 17.9 Å². The van der Waals surface area contributed by atoms with E-state index in [0.717, 1.165) is 21.9 Å². The van der Waals surface area contributed by atoms with Gasteiger partial charge in [-0.25, -0.2) is 5.43 Å². The number of hydrazone groups is 1. The van der Waals surface area contributed by atoms with Crippen LogP contribution < -0.4 is 5.43 Å². The number of carbonyl (C=O) groups excluding carboxylic acids is 1. The molecule has 1 N–H and O–H groups in total. The van der Waals surface area contributed by atoms with E-state index in [1.165, 1.54) is 5.56 Å². The second-order valence-electron chi connectivity index (χ2n) is 6.78. The van der Waals surface area contributed by atoms with Gasteiger partial charge in [0.15, 0.2) is 0 Å². The lowest BCUT2D eigenvalue weighted by Crippen LogP contribution is -2.19. The topological polar surface area (TPSA) is 41.5 Å². The number of halogens is 1. The highest BCUT2D eigenvalue weighted by Gasteiger charge is 2.12. The summed E-state index contributed by atoms with van der Waals surface area (Å²) in [5.74, 6) is 1.02. The molecule has 5 heteroatoms. The van der Waals surface area contributed by atoms with E-state index in [2.05, 4.69) is 43.4 Å². The van der Waals surface area contributed by atoms with Crippen LogP contribution in [0.4, 0.5) is 0 Å². The Morgan fingerprint density at radius 2 is 1.76 bits per heavy atom. The molecule has 132 valence electrons. The summed E-state index contributed by atoms with van der Waals surface area (Å²) in [6.45, 7) is 6.54. The van der Waals surface area contributed by atoms with Crippen LogP contribution in [0.2, 0.25) is 5.02 Å². The van der Waals surface area contributed by atoms with Gasteiger partial charge in [0.25, 0.3) is 0 Å². The van der Waals surface area contributed by atoms with Crippen LogP contribution in [-0.2, 0) is 16.0 Å². The molecule has 0 aliphatic rings. The summed E-state index contributed by atoms with van der Waals surface area (Å²) in [5.41, 5.74) is 6.06. The fraction of sp³-hybridized carbons (Fsp3) is 0.300. The van der Waals surface area contributed by atoms with Gasteiger partial charge >= 0.3 is 0 Å². The lowest BCUT2D eigenvalue weighted by Gasteiger charge is -2.18. The molecule has 0 bridgehead atoms. The minimum atomic E-state index is -0.110. The zero-order valence-corrected chi connectivity index (χ0v) is 16.3. The van der Waals surface area contributed by atoms with Gasteiger partial charge in [-0.15, -0.1) is 11.8 Å². The first kappa shape index (κ1) is 19.5. The van der Waals surface area contributed by atoms with Crippen molar-refractivity contribution in [2.75, 3.05) is 5.75 Å². The molecule has 25 heavy (non-hydrogen) atoms. The summed E-state index contributed by atoms with van der Waals surface area (Å²) in [7, 11) is 0. The number of amides is 1. The molecule has 0 unspecified atom stereocenters. The van der Waals surface area contributed by atoms with E-state index in [1.807, 2.05) is 36.4 Å². The first-order valence-electron chi connectivity index (χ1n) is 8.09. The molecule has 0 atom stereocenters. The standard InChI is InChI=1S/C20H23ClN2OS/c1-20(2,3)17-8-4-15(5-9-17)12-22-23-19(24)14-25-13-16-6-10-18(21)11-7-16/h4-12H,13-14H2,1-3H3,(H,23,24)/b22-12-. The highest BCUT2D eigenvalue weighted by molar-refractivity contribution is 7.99. The molecular weight excluding hydrogens is 352 g/mol. The van der Waals surface area contributed by atoms with Crippen molar-refractivity contribution in [3.05, 3.63) is 70.2 Å². The molecule has 0 aliphatic carbocycles. The summed E-state index contributed by atoms with van der Waals surface area (Å²) in [4.78, 5) is 11.8. The fourth-order valence-corrected chi connectivity index (χ4v) is 3.03. The molecule has 2 aromatic carbocycles. The smallest absolute Gasteiger partial charge is 0.250 e. The van der Waals surface area contributed by atoms with Gasteiger partial charge in [-0.05, 0) is 34.2 Å². The van der Waals surface area contributed by atoms with Gasteiger partial charge < -0.3 is 0 Å². The van der Waals surface area contributed by atoms with Crippen LogP contribution in [0.15, 0.2) is 53.6 Å². The Hall–Kier alpha value is -1.78. The third-order valence-corrected chi connectivity index (χ3v) is 4.85. The Balaban J connectivity index is 1.73. The first-order chi connectivity index (χ1) is 11.8. The van der Waals surface area contributed by atoms with Gasteiger partial charge in [0, 0.05) is 10.8 Å². The van der Waals surface area contributed by atoms with E-state index < -0.39 is 0 Å². The van der Waals surface area contributed by atoms with E-state index >= 15 is 0 Å². The summed E-state index contributed by atoms with van der Waals surface area (Å²) >= 11 is 7.39. The second kappa shape index (κ2) is 9.07. The predicted molar refractivity (Wildman–Crippen MR) is 108 cm³/mol. The number of thioether (sulfide) groups is 1. The summed E-state index contributed by atoms with van der Waals surface area (Å²) < 4.78 is 0. The monoisotopic (exact) mass is 374 g/mol. The Kier molecular flexibility index (Phi) is 7.09.